The van der Waals surface area contributed by atoms with Gasteiger partial charge in [-0.1, -0.05) is 18.2 Å². The molecule has 3 aromatic rings. The molecule has 28 heavy (non-hydrogen) atoms. The van der Waals surface area contributed by atoms with E-state index in [0.717, 1.165) is 23.0 Å². The van der Waals surface area contributed by atoms with E-state index in [4.69, 9.17) is 4.74 Å². The van der Waals surface area contributed by atoms with Crippen molar-refractivity contribution in [3.05, 3.63) is 65.9 Å². The highest BCUT2D eigenvalue weighted by molar-refractivity contribution is 6.00. The lowest BCUT2D eigenvalue weighted by atomic mass is 9.91. The molecule has 8 heteroatoms. The number of ether oxygens (including phenoxy) is 2. The SMILES string of the molecule is COC(=O)C(CC(=O)c1ccc(OC(F)(F)F)cc1)c1c[nH]c2ccccc12. The number of hydrogen-bond donors (Lipinski definition) is 1. The number of aromatic amines is 1. The predicted octanol–water partition coefficient (Wildman–Crippen LogP) is 4.60. The van der Waals surface area contributed by atoms with Crippen LogP contribution in [0.2, 0.25) is 0 Å². The maximum atomic E-state index is 12.6. The average Bonchev–Trinajstić information content (AvgIpc) is 3.08. The van der Waals surface area contributed by atoms with Crippen molar-refractivity contribution in [3.63, 3.8) is 0 Å². The van der Waals surface area contributed by atoms with Crippen molar-refractivity contribution in [1.82, 2.24) is 4.98 Å². The first-order valence-electron chi connectivity index (χ1n) is 8.31. The number of aromatic nitrogens is 1. The monoisotopic (exact) mass is 391 g/mol. The molecule has 1 atom stereocenters. The summed E-state index contributed by atoms with van der Waals surface area (Å²) in [7, 11) is 1.23. The first kappa shape index (κ1) is 19.5. The van der Waals surface area contributed by atoms with E-state index < -0.39 is 29.8 Å². The van der Waals surface area contributed by atoms with Crippen LogP contribution in [0.15, 0.2) is 54.7 Å². The Labute approximate surface area is 158 Å². The summed E-state index contributed by atoms with van der Waals surface area (Å²) in [6, 6.07) is 11.9. The van der Waals surface area contributed by atoms with Crippen LogP contribution >= 0.6 is 0 Å². The highest BCUT2D eigenvalue weighted by Crippen LogP contribution is 2.30. The Balaban J connectivity index is 1.83. The number of H-pyrrole nitrogens is 1. The van der Waals surface area contributed by atoms with Crippen molar-refractivity contribution in [3.8, 4) is 5.75 Å². The van der Waals surface area contributed by atoms with E-state index in [-0.39, 0.29) is 12.0 Å². The number of carbonyl (C=O) groups is 2. The third-order valence-corrected chi connectivity index (χ3v) is 4.28. The molecule has 1 N–H and O–H groups in total. The minimum Gasteiger partial charge on any atom is -0.469 e. The number of ketones is 1. The number of rotatable bonds is 6. The Morgan fingerprint density at radius 3 is 2.39 bits per heavy atom. The lowest BCUT2D eigenvalue weighted by molar-refractivity contribution is -0.274. The van der Waals surface area contributed by atoms with Gasteiger partial charge in [0.25, 0.3) is 0 Å². The van der Waals surface area contributed by atoms with Crippen LogP contribution in [0, 0.1) is 0 Å². The fraction of sp³-hybridized carbons (Fsp3) is 0.200. The largest absolute Gasteiger partial charge is 0.573 e. The third-order valence-electron chi connectivity index (χ3n) is 4.28. The Kier molecular flexibility index (Phi) is 5.39. The second-order valence-electron chi connectivity index (χ2n) is 6.06. The number of fused-ring (bicyclic) bond motifs is 1. The number of hydrogen-bond acceptors (Lipinski definition) is 4. The zero-order valence-corrected chi connectivity index (χ0v) is 14.7. The Morgan fingerprint density at radius 1 is 1.07 bits per heavy atom. The molecule has 0 fully saturated rings. The summed E-state index contributed by atoms with van der Waals surface area (Å²) in [5.41, 5.74) is 1.60. The fourth-order valence-corrected chi connectivity index (χ4v) is 2.99. The first-order chi connectivity index (χ1) is 13.3. The molecule has 146 valence electrons. The number of halogens is 3. The molecule has 5 nitrogen and oxygen atoms in total. The molecular formula is C20H16F3NO4. The van der Waals surface area contributed by atoms with E-state index in [2.05, 4.69) is 9.72 Å². The molecule has 0 radical (unpaired) electrons. The molecule has 0 aliphatic carbocycles. The number of Topliss-reactive ketones (excluding diaryl/α,β-unsaturated/α-hetero) is 1. The van der Waals surface area contributed by atoms with Gasteiger partial charge in [-0.05, 0) is 35.9 Å². The van der Waals surface area contributed by atoms with Gasteiger partial charge in [0.05, 0.1) is 13.0 Å². The molecule has 0 aliphatic heterocycles. The standard InChI is InChI=1S/C20H16F3NO4/c1-27-19(26)15(16-11-24-17-5-3-2-4-14(16)17)10-18(25)12-6-8-13(9-7-12)28-20(21,22)23/h2-9,11,15,24H,10H2,1H3. The van der Waals surface area contributed by atoms with Gasteiger partial charge in [0.15, 0.2) is 5.78 Å². The topological polar surface area (TPSA) is 68.4 Å². The van der Waals surface area contributed by atoms with Crippen molar-refractivity contribution < 1.29 is 32.2 Å². The van der Waals surface area contributed by atoms with Crippen LogP contribution in [0.1, 0.15) is 28.3 Å². The molecular weight excluding hydrogens is 375 g/mol. The summed E-state index contributed by atoms with van der Waals surface area (Å²) >= 11 is 0. The molecule has 0 aliphatic rings. The second kappa shape index (κ2) is 7.75. The highest BCUT2D eigenvalue weighted by atomic mass is 19.4. The molecule has 1 heterocycles. The van der Waals surface area contributed by atoms with E-state index >= 15 is 0 Å². The molecule has 0 bridgehead atoms. The van der Waals surface area contributed by atoms with E-state index in [0.29, 0.717) is 5.56 Å². The van der Waals surface area contributed by atoms with Crippen LogP contribution in [0.3, 0.4) is 0 Å². The lowest BCUT2D eigenvalue weighted by Crippen LogP contribution is -2.18. The molecule has 3 rings (SSSR count). The molecule has 2 aromatic carbocycles. The quantitative estimate of drug-likeness (QED) is 0.493. The summed E-state index contributed by atoms with van der Waals surface area (Å²) in [5, 5.41) is 0.791. The summed E-state index contributed by atoms with van der Waals surface area (Å²) in [5.74, 6) is -2.25. The average molecular weight is 391 g/mol. The minimum absolute atomic E-state index is 0.170. The number of methoxy groups -OCH3 is 1. The van der Waals surface area contributed by atoms with Crippen LogP contribution in [-0.2, 0) is 9.53 Å². The van der Waals surface area contributed by atoms with E-state index in [1.807, 2.05) is 24.3 Å². The molecule has 1 unspecified atom stereocenters. The summed E-state index contributed by atoms with van der Waals surface area (Å²) in [4.78, 5) is 28.0. The zero-order valence-electron chi connectivity index (χ0n) is 14.7. The lowest BCUT2D eigenvalue weighted by Gasteiger charge is -2.14. The van der Waals surface area contributed by atoms with Crippen LogP contribution in [-0.4, -0.2) is 30.2 Å². The number of nitrogens with one attached hydrogen (secondary N) is 1. The third kappa shape index (κ3) is 4.33. The van der Waals surface area contributed by atoms with Crippen molar-refractivity contribution >= 4 is 22.7 Å². The van der Waals surface area contributed by atoms with Gasteiger partial charge in [0, 0.05) is 29.1 Å². The van der Waals surface area contributed by atoms with Crippen molar-refractivity contribution in [2.45, 2.75) is 18.7 Å². The Hall–Kier alpha value is -3.29. The van der Waals surface area contributed by atoms with Crippen molar-refractivity contribution in [2.75, 3.05) is 7.11 Å². The number of alkyl halides is 3. The maximum Gasteiger partial charge on any atom is 0.573 e. The summed E-state index contributed by atoms with van der Waals surface area (Å²) < 4.78 is 45.4. The van der Waals surface area contributed by atoms with Crippen LogP contribution in [0.5, 0.6) is 5.75 Å². The van der Waals surface area contributed by atoms with Crippen molar-refractivity contribution in [2.24, 2.45) is 0 Å². The van der Waals surface area contributed by atoms with Gasteiger partial charge < -0.3 is 14.5 Å². The van der Waals surface area contributed by atoms with E-state index in [9.17, 15) is 22.8 Å². The molecule has 0 saturated heterocycles. The van der Waals surface area contributed by atoms with Gasteiger partial charge >= 0.3 is 12.3 Å². The molecule has 0 saturated carbocycles. The Bertz CT molecular complexity index is 993. The number of benzene rings is 2. The molecule has 0 amide bonds. The fourth-order valence-electron chi connectivity index (χ4n) is 2.99. The molecule has 1 aromatic heterocycles. The van der Waals surface area contributed by atoms with Crippen LogP contribution in [0.25, 0.3) is 10.9 Å². The van der Waals surface area contributed by atoms with Gasteiger partial charge in [0.2, 0.25) is 0 Å². The summed E-state index contributed by atoms with van der Waals surface area (Å²) in [6.45, 7) is 0. The highest BCUT2D eigenvalue weighted by Gasteiger charge is 2.31. The van der Waals surface area contributed by atoms with Gasteiger partial charge in [-0.3, -0.25) is 9.59 Å². The second-order valence-corrected chi connectivity index (χ2v) is 6.06. The normalized spacial score (nSPS) is 12.6. The van der Waals surface area contributed by atoms with E-state index in [1.54, 1.807) is 6.20 Å². The van der Waals surface area contributed by atoms with Crippen molar-refractivity contribution in [1.29, 1.82) is 0 Å². The smallest absolute Gasteiger partial charge is 0.469 e. The number of esters is 1. The predicted molar refractivity (Wildman–Crippen MR) is 95.1 cm³/mol. The van der Waals surface area contributed by atoms with Crippen LogP contribution in [0.4, 0.5) is 13.2 Å². The maximum absolute atomic E-state index is 12.6. The zero-order chi connectivity index (χ0) is 20.3. The van der Waals surface area contributed by atoms with Gasteiger partial charge in [-0.2, -0.15) is 0 Å². The van der Waals surface area contributed by atoms with Gasteiger partial charge in [0.1, 0.15) is 5.75 Å². The van der Waals surface area contributed by atoms with Crippen LogP contribution < -0.4 is 4.74 Å². The first-order valence-corrected chi connectivity index (χ1v) is 8.31. The number of para-hydroxylation sites is 1. The summed E-state index contributed by atoms with van der Waals surface area (Å²) in [6.07, 6.45) is -3.34. The van der Waals surface area contributed by atoms with Gasteiger partial charge in [-0.15, -0.1) is 13.2 Å². The van der Waals surface area contributed by atoms with Gasteiger partial charge in [-0.25, -0.2) is 0 Å². The molecule has 0 spiro atoms. The minimum atomic E-state index is -4.81. The Morgan fingerprint density at radius 2 is 1.75 bits per heavy atom. The number of carbonyl (C=O) groups excluding carboxylic acids is 2. The van der Waals surface area contributed by atoms with E-state index in [1.165, 1.54) is 19.2 Å².